The molecular weight excluding hydrogens is 496 g/mol. The van der Waals surface area contributed by atoms with E-state index in [0.29, 0.717) is 27.8 Å². The molecule has 0 radical (unpaired) electrons. The third-order valence-corrected chi connectivity index (χ3v) is 8.76. The van der Waals surface area contributed by atoms with E-state index in [2.05, 4.69) is 4.85 Å². The van der Waals surface area contributed by atoms with Crippen molar-refractivity contribution < 1.29 is 13.2 Å². The lowest BCUT2D eigenvalue weighted by atomic mass is 10.0. The highest BCUT2D eigenvalue weighted by Gasteiger charge is 2.27. The third-order valence-electron chi connectivity index (χ3n) is 7.04. The molecule has 38 heavy (non-hydrogen) atoms. The highest BCUT2D eigenvalue weighted by Crippen LogP contribution is 2.34. The molecule has 0 bridgehead atoms. The van der Waals surface area contributed by atoms with Gasteiger partial charge in [0.05, 0.1) is 22.5 Å². The van der Waals surface area contributed by atoms with Crippen LogP contribution in [0.5, 0.6) is 0 Å². The van der Waals surface area contributed by atoms with Crippen LogP contribution in [0.2, 0.25) is 0 Å². The Morgan fingerprint density at radius 3 is 2.37 bits per heavy atom. The van der Waals surface area contributed by atoms with Gasteiger partial charge >= 0.3 is 0 Å². The first-order valence-electron chi connectivity index (χ1n) is 12.5. The first kappa shape index (κ1) is 23.9. The van der Waals surface area contributed by atoms with Crippen LogP contribution in [-0.4, -0.2) is 41.3 Å². The molecule has 5 aromatic rings. The van der Waals surface area contributed by atoms with Crippen LogP contribution in [0.15, 0.2) is 89.8 Å². The molecule has 8 heteroatoms. The van der Waals surface area contributed by atoms with Gasteiger partial charge in [-0.2, -0.15) is 0 Å². The summed E-state index contributed by atoms with van der Waals surface area (Å²) in [5.41, 5.74) is 2.33. The highest BCUT2D eigenvalue weighted by molar-refractivity contribution is 7.90. The van der Waals surface area contributed by atoms with Crippen molar-refractivity contribution in [2.75, 3.05) is 13.1 Å². The molecule has 7 nitrogen and oxygen atoms in total. The van der Waals surface area contributed by atoms with Crippen molar-refractivity contribution in [1.29, 1.82) is 0 Å². The van der Waals surface area contributed by atoms with Gasteiger partial charge in [0.15, 0.2) is 11.5 Å². The fraction of sp³-hybridized carbons (Fsp3) is 0.167. The summed E-state index contributed by atoms with van der Waals surface area (Å²) >= 11 is 0. The second-order valence-electron chi connectivity index (χ2n) is 9.39. The molecule has 0 atom stereocenters. The van der Waals surface area contributed by atoms with Crippen molar-refractivity contribution in [3.05, 3.63) is 102 Å². The van der Waals surface area contributed by atoms with Crippen LogP contribution in [0, 0.1) is 6.57 Å². The number of aromatic nitrogens is 2. The second-order valence-corrected chi connectivity index (χ2v) is 11.2. The number of likely N-dealkylation sites (tertiary alicyclic amines) is 1. The average molecular weight is 521 g/mol. The summed E-state index contributed by atoms with van der Waals surface area (Å²) in [6, 6.07) is 24.4. The number of benzene rings is 4. The molecule has 0 spiro atoms. The van der Waals surface area contributed by atoms with Crippen LogP contribution in [0.1, 0.15) is 29.6 Å². The Labute approximate surface area is 220 Å². The Morgan fingerprint density at radius 1 is 0.868 bits per heavy atom. The van der Waals surface area contributed by atoms with Crippen molar-refractivity contribution in [3.8, 4) is 11.4 Å². The predicted molar refractivity (Wildman–Crippen MR) is 148 cm³/mol. The number of piperidine rings is 1. The minimum Gasteiger partial charge on any atom is -0.339 e. The van der Waals surface area contributed by atoms with Gasteiger partial charge in [-0.25, -0.2) is 22.2 Å². The lowest BCUT2D eigenvalue weighted by molar-refractivity contribution is 0.0724. The molecule has 0 aliphatic carbocycles. The number of rotatable bonds is 4. The molecule has 2 heterocycles. The van der Waals surface area contributed by atoms with Crippen molar-refractivity contribution in [2.24, 2.45) is 0 Å². The van der Waals surface area contributed by atoms with E-state index in [1.54, 1.807) is 18.2 Å². The van der Waals surface area contributed by atoms with Gasteiger partial charge in [-0.15, -0.1) is 0 Å². The lowest BCUT2D eigenvalue weighted by Crippen LogP contribution is -2.35. The first-order chi connectivity index (χ1) is 18.5. The molecular formula is C30H24N4O3S. The monoisotopic (exact) mass is 520 g/mol. The smallest absolute Gasteiger partial charge is 0.269 e. The topological polar surface area (TPSA) is 76.6 Å². The molecule has 1 fully saturated rings. The van der Waals surface area contributed by atoms with E-state index in [1.807, 2.05) is 47.4 Å². The largest absolute Gasteiger partial charge is 0.339 e. The van der Waals surface area contributed by atoms with Crippen molar-refractivity contribution >= 4 is 43.4 Å². The summed E-state index contributed by atoms with van der Waals surface area (Å²) in [7, 11) is -4.09. The average Bonchev–Trinajstić information content (AvgIpc) is 3.36. The molecule has 0 saturated carbocycles. The summed E-state index contributed by atoms with van der Waals surface area (Å²) in [4.78, 5) is 23.3. The molecule has 188 valence electrons. The standard InChI is InChI=1S/C30H24N4O3S/c1-31-23-13-15-24(16-14-23)38(36,37)34-28-17-12-22(30(35)33-18-5-2-6-19-33)20-27(28)32-29(34)26-11-7-9-21-8-3-4-10-25(21)26/h3-4,7-17,20H,2,5-6,18-19H2. The van der Waals surface area contributed by atoms with E-state index in [-0.39, 0.29) is 16.6 Å². The second kappa shape index (κ2) is 9.43. The summed E-state index contributed by atoms with van der Waals surface area (Å²) in [6.07, 6.45) is 3.09. The van der Waals surface area contributed by atoms with Gasteiger partial charge in [0, 0.05) is 24.2 Å². The molecule has 1 aliphatic heterocycles. The quantitative estimate of drug-likeness (QED) is 0.262. The van der Waals surface area contributed by atoms with Gasteiger partial charge in [-0.3, -0.25) is 4.79 Å². The Hall–Kier alpha value is -4.48. The molecule has 4 aromatic carbocycles. The van der Waals surface area contributed by atoms with Gasteiger partial charge in [0.2, 0.25) is 0 Å². The van der Waals surface area contributed by atoms with Gasteiger partial charge in [-0.05, 0) is 48.2 Å². The Balaban J connectivity index is 1.58. The number of nitrogens with zero attached hydrogens (tertiary/aromatic N) is 4. The van der Waals surface area contributed by atoms with Crippen molar-refractivity contribution in [1.82, 2.24) is 13.9 Å². The fourth-order valence-corrected chi connectivity index (χ4v) is 6.57. The number of fused-ring (bicyclic) bond motifs is 2. The van der Waals surface area contributed by atoms with Crippen LogP contribution >= 0.6 is 0 Å². The zero-order chi connectivity index (χ0) is 26.3. The number of imidazole rings is 1. The maximum atomic E-state index is 14.1. The number of carbonyl (C=O) groups excluding carboxylic acids is 1. The van der Waals surface area contributed by atoms with Gasteiger partial charge in [0.25, 0.3) is 15.9 Å². The van der Waals surface area contributed by atoms with Crippen molar-refractivity contribution in [2.45, 2.75) is 24.2 Å². The van der Waals surface area contributed by atoms with E-state index in [4.69, 9.17) is 11.6 Å². The summed E-state index contributed by atoms with van der Waals surface area (Å²) in [6.45, 7) is 8.65. The fourth-order valence-electron chi connectivity index (χ4n) is 5.10. The maximum absolute atomic E-state index is 14.1. The molecule has 6 rings (SSSR count). The van der Waals surface area contributed by atoms with E-state index in [1.165, 1.54) is 28.2 Å². The van der Waals surface area contributed by atoms with E-state index < -0.39 is 10.0 Å². The molecule has 1 aliphatic rings. The highest BCUT2D eigenvalue weighted by atomic mass is 32.2. The number of hydrogen-bond donors (Lipinski definition) is 0. The van der Waals surface area contributed by atoms with Gasteiger partial charge in [-0.1, -0.05) is 66.7 Å². The van der Waals surface area contributed by atoms with Gasteiger partial charge < -0.3 is 4.90 Å². The number of carbonyl (C=O) groups is 1. The summed E-state index contributed by atoms with van der Waals surface area (Å²) in [5, 5.41) is 1.83. The maximum Gasteiger partial charge on any atom is 0.269 e. The molecule has 1 amide bonds. The van der Waals surface area contributed by atoms with E-state index >= 15 is 0 Å². The molecule has 0 N–H and O–H groups in total. The minimum absolute atomic E-state index is 0.0548. The van der Waals surface area contributed by atoms with Crippen LogP contribution < -0.4 is 0 Å². The zero-order valence-corrected chi connectivity index (χ0v) is 21.4. The Kier molecular flexibility index (Phi) is 5.93. The van der Waals surface area contributed by atoms with Crippen LogP contribution in [0.3, 0.4) is 0 Å². The minimum atomic E-state index is -4.09. The molecule has 0 unspecified atom stereocenters. The van der Waals surface area contributed by atoms with Crippen LogP contribution in [0.25, 0.3) is 38.0 Å². The Morgan fingerprint density at radius 2 is 1.61 bits per heavy atom. The summed E-state index contributed by atoms with van der Waals surface area (Å²) < 4.78 is 29.4. The third kappa shape index (κ3) is 4.01. The molecule has 1 aromatic heterocycles. The number of hydrogen-bond acceptors (Lipinski definition) is 4. The summed E-state index contributed by atoms with van der Waals surface area (Å²) in [5.74, 6) is 0.207. The first-order valence-corrected chi connectivity index (χ1v) is 13.9. The van der Waals surface area contributed by atoms with Crippen LogP contribution in [-0.2, 0) is 10.0 Å². The predicted octanol–water partition coefficient (Wildman–Crippen LogP) is 6.27. The SMILES string of the molecule is [C-]#[N+]c1ccc(S(=O)(=O)n2c(-c3cccc4ccccc34)nc3cc(C(=O)N4CCCCC4)ccc32)cc1. The molecule has 1 saturated heterocycles. The van der Waals surface area contributed by atoms with Crippen molar-refractivity contribution in [3.63, 3.8) is 0 Å². The zero-order valence-electron chi connectivity index (χ0n) is 20.5. The number of amides is 1. The van der Waals surface area contributed by atoms with Crippen LogP contribution in [0.4, 0.5) is 5.69 Å². The van der Waals surface area contributed by atoms with E-state index in [9.17, 15) is 13.2 Å². The Bertz CT molecular complexity index is 1840. The lowest BCUT2D eigenvalue weighted by Gasteiger charge is -2.26. The van der Waals surface area contributed by atoms with Gasteiger partial charge in [0.1, 0.15) is 0 Å². The van der Waals surface area contributed by atoms with E-state index in [0.717, 1.165) is 43.1 Å². The normalized spacial score (nSPS) is 14.0.